The van der Waals surface area contributed by atoms with Gasteiger partial charge >= 0.3 is 0 Å². The van der Waals surface area contributed by atoms with Gasteiger partial charge in [-0.05, 0) is 42.5 Å². The normalized spacial score (nSPS) is 10.5. The lowest BCUT2D eigenvalue weighted by Gasteiger charge is -2.08. The maximum atomic E-state index is 13.1. The predicted octanol–water partition coefficient (Wildman–Crippen LogP) is 5.53. The Morgan fingerprint density at radius 1 is 1.00 bits per heavy atom. The molecule has 1 aromatic heterocycles. The van der Waals surface area contributed by atoms with Crippen LogP contribution in [-0.2, 0) is 0 Å². The topological polar surface area (TPSA) is 22.4 Å². The first kappa shape index (κ1) is 12.8. The van der Waals surface area contributed by atoms with E-state index >= 15 is 0 Å². The fourth-order valence-electron chi connectivity index (χ4n) is 1.84. The number of halogens is 2. The summed E-state index contributed by atoms with van der Waals surface area (Å²) in [7, 11) is 0. The molecule has 0 saturated carbocycles. The van der Waals surface area contributed by atoms with E-state index in [1.807, 2.05) is 12.1 Å². The van der Waals surface area contributed by atoms with E-state index in [1.165, 1.54) is 12.1 Å². The molecule has 2 nitrogen and oxygen atoms in total. The summed E-state index contributed by atoms with van der Waals surface area (Å²) in [5, 5.41) is 0.433. The molecule has 0 spiro atoms. The van der Waals surface area contributed by atoms with Crippen molar-refractivity contribution >= 4 is 11.6 Å². The smallest absolute Gasteiger partial charge is 0.146 e. The molecule has 0 N–H and O–H groups in total. The molecular formula is C16H10ClFO2. The summed E-state index contributed by atoms with van der Waals surface area (Å²) >= 11 is 6.18. The van der Waals surface area contributed by atoms with Crippen LogP contribution >= 0.6 is 11.6 Å². The van der Waals surface area contributed by atoms with Gasteiger partial charge in [-0.3, -0.25) is 0 Å². The van der Waals surface area contributed by atoms with Gasteiger partial charge in [0.25, 0.3) is 0 Å². The van der Waals surface area contributed by atoms with Crippen molar-refractivity contribution in [1.29, 1.82) is 0 Å². The Balaban J connectivity index is 1.88. The van der Waals surface area contributed by atoms with Crippen LogP contribution in [-0.4, -0.2) is 0 Å². The largest absolute Gasteiger partial charge is 0.464 e. The van der Waals surface area contributed by atoms with E-state index in [0.717, 1.165) is 11.3 Å². The molecule has 3 rings (SSSR count). The maximum absolute atomic E-state index is 13.1. The van der Waals surface area contributed by atoms with E-state index in [2.05, 4.69) is 0 Å². The zero-order valence-electron chi connectivity index (χ0n) is 10.3. The molecular weight excluding hydrogens is 279 g/mol. The first-order valence-electron chi connectivity index (χ1n) is 5.99. The van der Waals surface area contributed by atoms with Crippen LogP contribution in [0.5, 0.6) is 11.5 Å². The molecule has 100 valence electrons. The van der Waals surface area contributed by atoms with Crippen LogP contribution in [0.25, 0.3) is 11.3 Å². The molecule has 0 amide bonds. The second kappa shape index (κ2) is 5.39. The molecule has 2 aromatic carbocycles. The van der Waals surface area contributed by atoms with Crippen LogP contribution in [0.3, 0.4) is 0 Å². The summed E-state index contributed by atoms with van der Waals surface area (Å²) in [5.41, 5.74) is 0.853. The summed E-state index contributed by atoms with van der Waals surface area (Å²) in [6, 6.07) is 14.9. The number of ether oxygens (including phenoxy) is 1. The number of rotatable bonds is 3. The third kappa shape index (κ3) is 2.68. The van der Waals surface area contributed by atoms with Crippen molar-refractivity contribution in [3.63, 3.8) is 0 Å². The lowest BCUT2D eigenvalue weighted by atomic mass is 10.1. The van der Waals surface area contributed by atoms with Crippen molar-refractivity contribution in [2.75, 3.05) is 0 Å². The fraction of sp³-hybridized carbons (Fsp3) is 0. The SMILES string of the molecule is Fc1cccc(Oc2ccc(-c3ccco3)cc2Cl)c1. The summed E-state index contributed by atoms with van der Waals surface area (Å²) in [5.74, 6) is 1.24. The Morgan fingerprint density at radius 2 is 1.90 bits per heavy atom. The molecule has 0 fully saturated rings. The van der Waals surface area contributed by atoms with Gasteiger partial charge in [-0.2, -0.15) is 0 Å². The first-order chi connectivity index (χ1) is 9.72. The second-order valence-corrected chi connectivity index (χ2v) is 4.59. The minimum absolute atomic E-state index is 0.356. The van der Waals surface area contributed by atoms with Gasteiger partial charge in [-0.25, -0.2) is 4.39 Å². The zero-order valence-corrected chi connectivity index (χ0v) is 11.1. The number of benzene rings is 2. The molecule has 0 aliphatic heterocycles. The van der Waals surface area contributed by atoms with Crippen molar-refractivity contribution in [1.82, 2.24) is 0 Å². The van der Waals surface area contributed by atoms with E-state index in [0.29, 0.717) is 16.5 Å². The number of hydrogen-bond acceptors (Lipinski definition) is 2. The van der Waals surface area contributed by atoms with Crippen molar-refractivity contribution < 1.29 is 13.5 Å². The van der Waals surface area contributed by atoms with Gasteiger partial charge in [0.2, 0.25) is 0 Å². The zero-order chi connectivity index (χ0) is 13.9. The van der Waals surface area contributed by atoms with E-state index in [-0.39, 0.29) is 5.82 Å². The standard InChI is InChI=1S/C16H10ClFO2/c17-14-9-11(15-5-2-8-19-15)6-7-16(14)20-13-4-1-3-12(18)10-13/h1-10H. The van der Waals surface area contributed by atoms with Crippen molar-refractivity contribution in [2.45, 2.75) is 0 Å². The fourth-order valence-corrected chi connectivity index (χ4v) is 2.06. The van der Waals surface area contributed by atoms with Gasteiger partial charge in [0.15, 0.2) is 0 Å². The van der Waals surface area contributed by atoms with Crippen LogP contribution in [0.2, 0.25) is 5.02 Å². The number of furan rings is 1. The van der Waals surface area contributed by atoms with Gasteiger partial charge in [0.05, 0.1) is 11.3 Å². The maximum Gasteiger partial charge on any atom is 0.146 e. The Morgan fingerprint density at radius 3 is 2.60 bits per heavy atom. The molecule has 0 bridgehead atoms. The van der Waals surface area contributed by atoms with E-state index in [1.54, 1.807) is 36.6 Å². The van der Waals surface area contributed by atoms with Crippen LogP contribution in [0.15, 0.2) is 65.3 Å². The minimum atomic E-state index is -0.356. The van der Waals surface area contributed by atoms with Crippen LogP contribution < -0.4 is 4.74 Å². The highest BCUT2D eigenvalue weighted by Gasteiger charge is 2.08. The Kier molecular flexibility index (Phi) is 3.44. The quantitative estimate of drug-likeness (QED) is 0.632. The number of hydrogen-bond donors (Lipinski definition) is 0. The van der Waals surface area contributed by atoms with Crippen molar-refractivity contribution in [2.24, 2.45) is 0 Å². The average Bonchev–Trinajstić information content (AvgIpc) is 2.95. The van der Waals surface area contributed by atoms with Gasteiger partial charge in [-0.1, -0.05) is 17.7 Å². The molecule has 20 heavy (non-hydrogen) atoms. The van der Waals surface area contributed by atoms with E-state index in [9.17, 15) is 4.39 Å². The highest BCUT2D eigenvalue weighted by molar-refractivity contribution is 6.32. The van der Waals surface area contributed by atoms with Crippen molar-refractivity contribution in [3.05, 3.63) is 71.7 Å². The summed E-state index contributed by atoms with van der Waals surface area (Å²) in [6.45, 7) is 0. The van der Waals surface area contributed by atoms with Crippen LogP contribution in [0.4, 0.5) is 4.39 Å². The first-order valence-corrected chi connectivity index (χ1v) is 6.37. The van der Waals surface area contributed by atoms with Gasteiger partial charge in [0.1, 0.15) is 23.1 Å². The molecule has 3 aromatic rings. The lowest BCUT2D eigenvalue weighted by molar-refractivity contribution is 0.477. The summed E-state index contributed by atoms with van der Waals surface area (Å²) in [6.07, 6.45) is 1.60. The third-order valence-electron chi connectivity index (χ3n) is 2.76. The highest BCUT2D eigenvalue weighted by atomic mass is 35.5. The summed E-state index contributed by atoms with van der Waals surface area (Å²) in [4.78, 5) is 0. The molecule has 0 aliphatic carbocycles. The molecule has 4 heteroatoms. The molecule has 0 radical (unpaired) electrons. The van der Waals surface area contributed by atoms with Gasteiger partial charge < -0.3 is 9.15 Å². The second-order valence-electron chi connectivity index (χ2n) is 4.18. The third-order valence-corrected chi connectivity index (χ3v) is 3.06. The Hall–Kier alpha value is -2.26. The molecule has 0 saturated heterocycles. The van der Waals surface area contributed by atoms with Crippen LogP contribution in [0.1, 0.15) is 0 Å². The molecule has 0 atom stereocenters. The lowest BCUT2D eigenvalue weighted by Crippen LogP contribution is -1.87. The van der Waals surface area contributed by atoms with E-state index < -0.39 is 0 Å². The molecule has 0 unspecified atom stereocenters. The summed E-state index contributed by atoms with van der Waals surface area (Å²) < 4.78 is 24.0. The monoisotopic (exact) mass is 288 g/mol. The molecule has 1 heterocycles. The van der Waals surface area contributed by atoms with Gasteiger partial charge in [0, 0.05) is 11.6 Å². The minimum Gasteiger partial charge on any atom is -0.464 e. The molecule has 0 aliphatic rings. The van der Waals surface area contributed by atoms with Crippen LogP contribution in [0, 0.1) is 5.82 Å². The van der Waals surface area contributed by atoms with Gasteiger partial charge in [-0.15, -0.1) is 0 Å². The average molecular weight is 289 g/mol. The Labute approximate surface area is 120 Å². The predicted molar refractivity (Wildman–Crippen MR) is 75.6 cm³/mol. The van der Waals surface area contributed by atoms with E-state index in [4.69, 9.17) is 20.8 Å². The Bertz CT molecular complexity index is 723. The highest BCUT2D eigenvalue weighted by Crippen LogP contribution is 2.33. The van der Waals surface area contributed by atoms with Crippen molar-refractivity contribution in [3.8, 4) is 22.8 Å².